The fourth-order valence-electron chi connectivity index (χ4n) is 1.81. The highest BCUT2D eigenvalue weighted by molar-refractivity contribution is 7.80. The van der Waals surface area contributed by atoms with Gasteiger partial charge in [-0.3, -0.25) is 0 Å². The first-order valence-electron chi connectivity index (χ1n) is 5.76. The third-order valence-electron chi connectivity index (χ3n) is 2.83. The van der Waals surface area contributed by atoms with E-state index in [0.29, 0.717) is 0 Å². The second-order valence-electron chi connectivity index (χ2n) is 4.26. The number of nitrogens with zero attached hydrogens (tertiary/aromatic N) is 1. The molecule has 14 heavy (non-hydrogen) atoms. The maximum absolute atomic E-state index is 5.35. The van der Waals surface area contributed by atoms with E-state index >= 15 is 0 Å². The second-order valence-corrected chi connectivity index (χ2v) is 4.64. The summed E-state index contributed by atoms with van der Waals surface area (Å²) < 4.78 is 0. The monoisotopic (exact) mass is 214 g/mol. The zero-order valence-corrected chi connectivity index (χ0v) is 10.2. The van der Waals surface area contributed by atoms with Crippen LogP contribution in [0.15, 0.2) is 0 Å². The summed E-state index contributed by atoms with van der Waals surface area (Å²) in [5, 5.41) is 4.26. The largest absolute Gasteiger partial charge is 0.363 e. The second kappa shape index (κ2) is 6.23. The molecule has 1 rings (SSSR count). The molecule has 3 heteroatoms. The van der Waals surface area contributed by atoms with E-state index in [1.165, 1.54) is 19.3 Å². The summed E-state index contributed by atoms with van der Waals surface area (Å²) in [6, 6.07) is 0. The molecular formula is C11H22N2S. The predicted molar refractivity (Wildman–Crippen MR) is 65.5 cm³/mol. The Morgan fingerprint density at radius 1 is 1.43 bits per heavy atom. The molecule has 1 N–H and O–H groups in total. The third kappa shape index (κ3) is 3.82. The highest BCUT2D eigenvalue weighted by Crippen LogP contribution is 2.16. The summed E-state index contributed by atoms with van der Waals surface area (Å²) in [4.78, 5) is 2.33. The minimum atomic E-state index is 0.869. The molecule has 1 heterocycles. The summed E-state index contributed by atoms with van der Waals surface area (Å²) in [5.41, 5.74) is 0. The Morgan fingerprint density at radius 3 is 2.93 bits per heavy atom. The van der Waals surface area contributed by atoms with Gasteiger partial charge in [0.2, 0.25) is 0 Å². The van der Waals surface area contributed by atoms with Crippen LogP contribution in [-0.2, 0) is 0 Å². The fraction of sp³-hybridized carbons (Fsp3) is 0.909. The Kier molecular flexibility index (Phi) is 5.23. The van der Waals surface area contributed by atoms with Crippen molar-refractivity contribution in [1.82, 2.24) is 10.2 Å². The number of hydrogen-bond acceptors (Lipinski definition) is 1. The summed E-state index contributed by atoms with van der Waals surface area (Å²) in [7, 11) is 0. The lowest BCUT2D eigenvalue weighted by Gasteiger charge is -2.23. The Morgan fingerprint density at radius 2 is 2.21 bits per heavy atom. The van der Waals surface area contributed by atoms with E-state index in [1.54, 1.807) is 0 Å². The number of hydrogen-bond donors (Lipinski definition) is 1. The third-order valence-corrected chi connectivity index (χ3v) is 3.23. The number of rotatable bonds is 2. The molecule has 0 aromatic rings. The maximum Gasteiger partial charge on any atom is 0.168 e. The molecule has 0 saturated carbocycles. The first-order chi connectivity index (χ1) is 6.74. The van der Waals surface area contributed by atoms with Gasteiger partial charge in [0.15, 0.2) is 5.11 Å². The van der Waals surface area contributed by atoms with Gasteiger partial charge in [-0.25, -0.2) is 0 Å². The lowest BCUT2D eigenvalue weighted by molar-refractivity contribution is 0.418. The van der Waals surface area contributed by atoms with Crippen LogP contribution in [0.1, 0.15) is 39.5 Å². The standard InChI is InChI=1S/C11H22N2S/c1-3-7-12-11(14)13-8-4-5-10(2)6-9-13/h10H,3-9H2,1-2H3,(H,12,14). The van der Waals surface area contributed by atoms with Gasteiger partial charge in [-0.15, -0.1) is 0 Å². The predicted octanol–water partition coefficient (Wildman–Crippen LogP) is 2.39. The van der Waals surface area contributed by atoms with Crippen LogP contribution in [0.3, 0.4) is 0 Å². The molecule has 0 aromatic carbocycles. The molecule has 1 saturated heterocycles. The topological polar surface area (TPSA) is 15.3 Å². The molecule has 0 aromatic heterocycles. The van der Waals surface area contributed by atoms with Crippen LogP contribution >= 0.6 is 12.2 Å². The van der Waals surface area contributed by atoms with E-state index in [9.17, 15) is 0 Å². The molecule has 1 atom stereocenters. The number of nitrogens with one attached hydrogen (secondary N) is 1. The van der Waals surface area contributed by atoms with E-state index in [-0.39, 0.29) is 0 Å². The Labute approximate surface area is 93.1 Å². The lowest BCUT2D eigenvalue weighted by atomic mass is 10.0. The van der Waals surface area contributed by atoms with Gasteiger partial charge in [-0.2, -0.15) is 0 Å². The van der Waals surface area contributed by atoms with Crippen molar-refractivity contribution in [1.29, 1.82) is 0 Å². The maximum atomic E-state index is 5.35. The Bertz CT molecular complexity index is 182. The van der Waals surface area contributed by atoms with Gasteiger partial charge in [0.05, 0.1) is 0 Å². The highest BCUT2D eigenvalue weighted by Gasteiger charge is 2.15. The average Bonchev–Trinajstić information content (AvgIpc) is 2.39. The van der Waals surface area contributed by atoms with Gasteiger partial charge in [0.1, 0.15) is 0 Å². The molecule has 0 radical (unpaired) electrons. The van der Waals surface area contributed by atoms with Gasteiger partial charge in [-0.1, -0.05) is 13.8 Å². The summed E-state index contributed by atoms with van der Waals surface area (Å²) >= 11 is 5.35. The van der Waals surface area contributed by atoms with E-state index in [1.807, 2.05) is 0 Å². The zero-order chi connectivity index (χ0) is 10.4. The quantitative estimate of drug-likeness (QED) is 0.711. The minimum absolute atomic E-state index is 0.869. The van der Waals surface area contributed by atoms with Crippen molar-refractivity contribution in [2.75, 3.05) is 19.6 Å². The molecule has 1 unspecified atom stereocenters. The first-order valence-corrected chi connectivity index (χ1v) is 6.17. The molecule has 0 bridgehead atoms. The SMILES string of the molecule is CCCNC(=S)N1CCCC(C)CC1. The highest BCUT2D eigenvalue weighted by atomic mass is 32.1. The molecule has 2 nitrogen and oxygen atoms in total. The van der Waals surface area contributed by atoms with Crippen molar-refractivity contribution in [2.24, 2.45) is 5.92 Å². The van der Waals surface area contributed by atoms with Crippen LogP contribution in [0.2, 0.25) is 0 Å². The van der Waals surface area contributed by atoms with Gasteiger partial charge < -0.3 is 10.2 Å². The van der Waals surface area contributed by atoms with Crippen LogP contribution in [0.4, 0.5) is 0 Å². The zero-order valence-electron chi connectivity index (χ0n) is 9.38. The summed E-state index contributed by atoms with van der Waals surface area (Å²) in [6.45, 7) is 7.79. The van der Waals surface area contributed by atoms with E-state index in [0.717, 1.165) is 37.1 Å². The lowest BCUT2D eigenvalue weighted by Crippen LogP contribution is -2.40. The fourth-order valence-corrected chi connectivity index (χ4v) is 2.09. The molecule has 1 aliphatic heterocycles. The molecule has 0 aliphatic carbocycles. The number of thiocarbonyl (C=S) groups is 1. The summed E-state index contributed by atoms with van der Waals surface area (Å²) in [6.07, 6.45) is 5.07. The average molecular weight is 214 g/mol. The van der Waals surface area contributed by atoms with E-state index < -0.39 is 0 Å². The van der Waals surface area contributed by atoms with Gasteiger partial charge in [0, 0.05) is 19.6 Å². The normalized spacial score (nSPS) is 23.0. The van der Waals surface area contributed by atoms with E-state index in [2.05, 4.69) is 24.1 Å². The molecule has 1 fully saturated rings. The number of likely N-dealkylation sites (tertiary alicyclic amines) is 1. The van der Waals surface area contributed by atoms with Crippen LogP contribution in [0, 0.1) is 5.92 Å². The van der Waals surface area contributed by atoms with Crippen LogP contribution < -0.4 is 5.32 Å². The van der Waals surface area contributed by atoms with Crippen molar-refractivity contribution in [3.8, 4) is 0 Å². The van der Waals surface area contributed by atoms with Crippen molar-refractivity contribution in [2.45, 2.75) is 39.5 Å². The van der Waals surface area contributed by atoms with Crippen LogP contribution in [0.5, 0.6) is 0 Å². The van der Waals surface area contributed by atoms with Gasteiger partial charge in [0.25, 0.3) is 0 Å². The molecular weight excluding hydrogens is 192 g/mol. The van der Waals surface area contributed by atoms with Crippen molar-refractivity contribution in [3.63, 3.8) is 0 Å². The first kappa shape index (κ1) is 11.8. The molecule has 1 aliphatic rings. The van der Waals surface area contributed by atoms with Crippen molar-refractivity contribution >= 4 is 17.3 Å². The van der Waals surface area contributed by atoms with Gasteiger partial charge in [-0.05, 0) is 43.8 Å². The van der Waals surface area contributed by atoms with E-state index in [4.69, 9.17) is 12.2 Å². The Hall–Kier alpha value is -0.310. The minimum Gasteiger partial charge on any atom is -0.363 e. The smallest absolute Gasteiger partial charge is 0.168 e. The van der Waals surface area contributed by atoms with Crippen molar-refractivity contribution < 1.29 is 0 Å². The summed E-state index contributed by atoms with van der Waals surface area (Å²) in [5.74, 6) is 0.869. The molecule has 82 valence electrons. The molecule has 0 amide bonds. The molecule has 0 spiro atoms. The van der Waals surface area contributed by atoms with Crippen LogP contribution in [0.25, 0.3) is 0 Å². The Balaban J connectivity index is 2.31. The van der Waals surface area contributed by atoms with Crippen molar-refractivity contribution in [3.05, 3.63) is 0 Å². The van der Waals surface area contributed by atoms with Crippen LogP contribution in [-0.4, -0.2) is 29.6 Å². The van der Waals surface area contributed by atoms with Gasteiger partial charge >= 0.3 is 0 Å².